The number of nitrogens with one attached hydrogen (secondary N) is 2. The summed E-state index contributed by atoms with van der Waals surface area (Å²) < 4.78 is 0. The lowest BCUT2D eigenvalue weighted by Crippen LogP contribution is -2.46. The number of anilines is 1. The van der Waals surface area contributed by atoms with Crippen LogP contribution in [-0.4, -0.2) is 61.0 Å². The van der Waals surface area contributed by atoms with Gasteiger partial charge in [-0.3, -0.25) is 9.59 Å². The van der Waals surface area contributed by atoms with Gasteiger partial charge in [0.2, 0.25) is 5.91 Å². The van der Waals surface area contributed by atoms with Crippen LogP contribution in [-0.2, 0) is 11.3 Å². The van der Waals surface area contributed by atoms with Gasteiger partial charge in [0.05, 0.1) is 0 Å². The lowest BCUT2D eigenvalue weighted by Gasteiger charge is -2.34. The van der Waals surface area contributed by atoms with E-state index in [-0.39, 0.29) is 11.8 Å². The Morgan fingerprint density at radius 2 is 1.90 bits per heavy atom. The van der Waals surface area contributed by atoms with E-state index in [0.717, 1.165) is 43.1 Å². The molecule has 0 aliphatic carbocycles. The third-order valence-electron chi connectivity index (χ3n) is 5.14. The zero-order valence-electron chi connectivity index (χ0n) is 17.3. The van der Waals surface area contributed by atoms with E-state index >= 15 is 0 Å². The van der Waals surface area contributed by atoms with Gasteiger partial charge in [0.15, 0.2) is 0 Å². The van der Waals surface area contributed by atoms with Crippen LogP contribution >= 0.6 is 0 Å². The van der Waals surface area contributed by atoms with E-state index < -0.39 is 6.04 Å². The zero-order chi connectivity index (χ0) is 20.8. The Morgan fingerprint density at radius 3 is 2.62 bits per heavy atom. The minimum absolute atomic E-state index is 0.223. The lowest BCUT2D eigenvalue weighted by molar-refractivity contribution is -0.122. The number of pyridine rings is 1. The van der Waals surface area contributed by atoms with Crippen molar-refractivity contribution in [3.05, 3.63) is 59.3 Å². The Bertz CT molecular complexity index is 862. The Kier molecular flexibility index (Phi) is 6.82. The van der Waals surface area contributed by atoms with E-state index in [1.165, 1.54) is 0 Å². The molecule has 1 aromatic heterocycles. The molecule has 1 fully saturated rings. The summed E-state index contributed by atoms with van der Waals surface area (Å²) in [6.45, 7) is 7.80. The first-order valence-corrected chi connectivity index (χ1v) is 9.96. The number of aromatic nitrogens is 1. The molecule has 2 N–H and O–H groups in total. The molecule has 2 amide bonds. The van der Waals surface area contributed by atoms with Gasteiger partial charge < -0.3 is 20.4 Å². The van der Waals surface area contributed by atoms with E-state index in [1.807, 2.05) is 31.2 Å². The third kappa shape index (κ3) is 5.54. The van der Waals surface area contributed by atoms with Gasteiger partial charge in [-0.05, 0) is 39.1 Å². The standard InChI is InChI=1S/C22H29N5O2/c1-16-6-4-7-18(14-16)22(29)25-17(2)21(28)24-15-19-8-5-9-23-20(19)27-12-10-26(3)11-13-27/h4-9,14,17H,10-13,15H2,1-3H3,(H,24,28)(H,25,29). The summed E-state index contributed by atoms with van der Waals surface area (Å²) in [6.07, 6.45) is 1.78. The van der Waals surface area contributed by atoms with Crippen LogP contribution < -0.4 is 15.5 Å². The van der Waals surface area contributed by atoms with Gasteiger partial charge in [-0.25, -0.2) is 4.98 Å². The van der Waals surface area contributed by atoms with Crippen molar-refractivity contribution in [2.45, 2.75) is 26.4 Å². The summed E-state index contributed by atoms with van der Waals surface area (Å²) in [4.78, 5) is 34.0. The van der Waals surface area contributed by atoms with Crippen LogP contribution in [0, 0.1) is 6.92 Å². The number of hydrogen-bond acceptors (Lipinski definition) is 5. The molecule has 3 rings (SSSR count). The summed E-state index contributed by atoms with van der Waals surface area (Å²) in [5, 5.41) is 5.68. The molecule has 0 spiro atoms. The van der Waals surface area contributed by atoms with Crippen molar-refractivity contribution in [3.63, 3.8) is 0 Å². The molecular formula is C22H29N5O2. The van der Waals surface area contributed by atoms with Crippen LogP contribution in [0.1, 0.15) is 28.4 Å². The van der Waals surface area contributed by atoms with Gasteiger partial charge in [0.1, 0.15) is 11.9 Å². The summed E-state index contributed by atoms with van der Waals surface area (Å²) in [5.74, 6) is 0.437. The largest absolute Gasteiger partial charge is 0.354 e. The minimum atomic E-state index is -0.633. The second-order valence-electron chi connectivity index (χ2n) is 7.56. The van der Waals surface area contributed by atoms with E-state index in [2.05, 4.69) is 32.5 Å². The van der Waals surface area contributed by atoms with Crippen molar-refractivity contribution in [2.24, 2.45) is 0 Å². The van der Waals surface area contributed by atoms with E-state index in [1.54, 1.807) is 25.3 Å². The van der Waals surface area contributed by atoms with E-state index in [9.17, 15) is 9.59 Å². The third-order valence-corrected chi connectivity index (χ3v) is 5.14. The molecule has 1 aliphatic heterocycles. The number of piperazine rings is 1. The smallest absolute Gasteiger partial charge is 0.251 e. The number of rotatable bonds is 6. The van der Waals surface area contributed by atoms with Gasteiger partial charge >= 0.3 is 0 Å². The second-order valence-corrected chi connectivity index (χ2v) is 7.56. The number of aryl methyl sites for hydroxylation is 1. The monoisotopic (exact) mass is 395 g/mol. The molecule has 2 heterocycles. The Balaban J connectivity index is 1.57. The quantitative estimate of drug-likeness (QED) is 0.777. The van der Waals surface area contributed by atoms with Crippen molar-refractivity contribution in [1.82, 2.24) is 20.5 Å². The zero-order valence-corrected chi connectivity index (χ0v) is 17.3. The number of amides is 2. The number of likely N-dealkylation sites (N-methyl/N-ethyl adjacent to an activating group) is 1. The molecule has 0 bridgehead atoms. The van der Waals surface area contributed by atoms with Gasteiger partial charge in [-0.15, -0.1) is 0 Å². The highest BCUT2D eigenvalue weighted by Crippen LogP contribution is 2.18. The molecule has 1 atom stereocenters. The van der Waals surface area contributed by atoms with Crippen molar-refractivity contribution < 1.29 is 9.59 Å². The minimum Gasteiger partial charge on any atom is -0.354 e. The summed E-state index contributed by atoms with van der Waals surface area (Å²) in [6, 6.07) is 10.5. The molecule has 7 heteroatoms. The molecule has 29 heavy (non-hydrogen) atoms. The molecule has 1 saturated heterocycles. The molecule has 2 aromatic rings. The predicted molar refractivity (Wildman–Crippen MR) is 114 cm³/mol. The number of benzene rings is 1. The fourth-order valence-electron chi connectivity index (χ4n) is 3.34. The first-order chi connectivity index (χ1) is 13.9. The fourth-order valence-corrected chi connectivity index (χ4v) is 3.34. The first kappa shape index (κ1) is 20.8. The van der Waals surface area contributed by atoms with Crippen molar-refractivity contribution in [1.29, 1.82) is 0 Å². The van der Waals surface area contributed by atoms with Crippen LogP contribution in [0.3, 0.4) is 0 Å². The fraction of sp³-hybridized carbons (Fsp3) is 0.409. The molecule has 0 saturated carbocycles. The van der Waals surface area contributed by atoms with Gasteiger partial charge in [0.25, 0.3) is 5.91 Å². The lowest BCUT2D eigenvalue weighted by atomic mass is 10.1. The molecule has 1 aromatic carbocycles. The molecule has 7 nitrogen and oxygen atoms in total. The number of carbonyl (C=O) groups is 2. The Morgan fingerprint density at radius 1 is 1.14 bits per heavy atom. The Labute approximate surface area is 172 Å². The summed E-state index contributed by atoms with van der Waals surface area (Å²) in [7, 11) is 2.11. The highest BCUT2D eigenvalue weighted by Gasteiger charge is 2.20. The second kappa shape index (κ2) is 9.52. The molecule has 0 radical (unpaired) electrons. The molecule has 154 valence electrons. The average Bonchev–Trinajstić information content (AvgIpc) is 2.72. The highest BCUT2D eigenvalue weighted by molar-refractivity contribution is 5.97. The molecular weight excluding hydrogens is 366 g/mol. The van der Waals surface area contributed by atoms with Crippen molar-refractivity contribution >= 4 is 17.6 Å². The van der Waals surface area contributed by atoms with Crippen molar-refractivity contribution in [2.75, 3.05) is 38.1 Å². The van der Waals surface area contributed by atoms with Crippen LogP contribution in [0.4, 0.5) is 5.82 Å². The SMILES string of the molecule is Cc1cccc(C(=O)NC(C)C(=O)NCc2cccnc2N2CCN(C)CC2)c1. The van der Waals surface area contributed by atoms with Crippen LogP contribution in [0.2, 0.25) is 0 Å². The topological polar surface area (TPSA) is 77.6 Å². The summed E-state index contributed by atoms with van der Waals surface area (Å²) >= 11 is 0. The predicted octanol–water partition coefficient (Wildman–Crippen LogP) is 1.58. The maximum absolute atomic E-state index is 12.5. The van der Waals surface area contributed by atoms with Crippen molar-refractivity contribution in [3.8, 4) is 0 Å². The average molecular weight is 396 g/mol. The van der Waals surface area contributed by atoms with Gasteiger partial charge in [0, 0.05) is 50.0 Å². The normalized spacial score (nSPS) is 15.6. The van der Waals surface area contributed by atoms with Gasteiger partial charge in [-0.2, -0.15) is 0 Å². The number of nitrogens with zero attached hydrogens (tertiary/aromatic N) is 3. The number of carbonyl (C=O) groups excluding carboxylic acids is 2. The molecule has 1 aliphatic rings. The first-order valence-electron chi connectivity index (χ1n) is 9.96. The highest BCUT2D eigenvalue weighted by atomic mass is 16.2. The van der Waals surface area contributed by atoms with E-state index in [4.69, 9.17) is 0 Å². The summed E-state index contributed by atoms with van der Waals surface area (Å²) in [5.41, 5.74) is 2.53. The molecule has 1 unspecified atom stereocenters. The Hall–Kier alpha value is -2.93. The van der Waals surface area contributed by atoms with E-state index in [0.29, 0.717) is 12.1 Å². The number of hydrogen-bond donors (Lipinski definition) is 2. The maximum Gasteiger partial charge on any atom is 0.251 e. The van der Waals surface area contributed by atoms with Gasteiger partial charge in [-0.1, -0.05) is 23.8 Å². The van der Waals surface area contributed by atoms with Crippen LogP contribution in [0.15, 0.2) is 42.6 Å². The van der Waals surface area contributed by atoms with Crippen LogP contribution in [0.25, 0.3) is 0 Å². The van der Waals surface area contributed by atoms with Crippen LogP contribution in [0.5, 0.6) is 0 Å². The maximum atomic E-state index is 12.5.